The van der Waals surface area contributed by atoms with Crippen molar-refractivity contribution in [3.63, 3.8) is 0 Å². The van der Waals surface area contributed by atoms with Gasteiger partial charge < -0.3 is 19.8 Å². The van der Waals surface area contributed by atoms with E-state index in [1.807, 2.05) is 48.5 Å². The number of nitrogens with zero attached hydrogens (tertiary/aromatic N) is 3. The van der Waals surface area contributed by atoms with Gasteiger partial charge in [-0.2, -0.15) is 0 Å². The van der Waals surface area contributed by atoms with E-state index in [-0.39, 0.29) is 6.61 Å². The number of pyridine rings is 1. The van der Waals surface area contributed by atoms with E-state index in [0.717, 1.165) is 55.3 Å². The number of ether oxygens (including phenoxy) is 1. The molecule has 2 N–H and O–H groups in total. The van der Waals surface area contributed by atoms with E-state index in [9.17, 15) is 10.2 Å². The van der Waals surface area contributed by atoms with Gasteiger partial charge in [0, 0.05) is 55.7 Å². The Balaban J connectivity index is 1.43. The molecule has 0 radical (unpaired) electrons. The highest BCUT2D eigenvalue weighted by atomic mass is 16.5. The third-order valence-electron chi connectivity index (χ3n) is 5.83. The molecule has 6 heteroatoms. The van der Waals surface area contributed by atoms with Gasteiger partial charge in [-0.05, 0) is 35.9 Å². The van der Waals surface area contributed by atoms with Gasteiger partial charge in [-0.1, -0.05) is 30.3 Å². The maximum absolute atomic E-state index is 10.9. The summed E-state index contributed by atoms with van der Waals surface area (Å²) in [6.07, 6.45) is 0.966. The molecule has 162 valence electrons. The van der Waals surface area contributed by atoms with Crippen LogP contribution in [0.5, 0.6) is 5.75 Å². The summed E-state index contributed by atoms with van der Waals surface area (Å²) < 4.78 is 5.30. The fourth-order valence-electron chi connectivity index (χ4n) is 4.16. The van der Waals surface area contributed by atoms with Gasteiger partial charge in [0.05, 0.1) is 19.4 Å². The number of anilines is 1. The largest absolute Gasteiger partial charge is 0.496 e. The number of aromatic nitrogens is 1. The van der Waals surface area contributed by atoms with Gasteiger partial charge in [0.25, 0.3) is 0 Å². The van der Waals surface area contributed by atoms with Crippen LogP contribution in [0.1, 0.15) is 28.5 Å². The molecule has 0 bridgehead atoms. The van der Waals surface area contributed by atoms with Crippen LogP contribution in [0.25, 0.3) is 0 Å². The van der Waals surface area contributed by atoms with E-state index in [0.29, 0.717) is 5.69 Å². The number of rotatable bonds is 7. The van der Waals surface area contributed by atoms with Crippen LogP contribution in [0.2, 0.25) is 0 Å². The monoisotopic (exact) mass is 419 g/mol. The molecule has 0 aliphatic carbocycles. The predicted octanol–water partition coefficient (Wildman–Crippen LogP) is 2.99. The molecular weight excluding hydrogens is 390 g/mol. The first kappa shape index (κ1) is 21.3. The molecule has 0 spiro atoms. The lowest BCUT2D eigenvalue weighted by Gasteiger charge is -2.37. The van der Waals surface area contributed by atoms with Crippen molar-refractivity contribution in [3.8, 4) is 5.75 Å². The summed E-state index contributed by atoms with van der Waals surface area (Å²) in [7, 11) is 1.62. The Morgan fingerprint density at radius 1 is 1.00 bits per heavy atom. The first-order valence-corrected chi connectivity index (χ1v) is 10.6. The van der Waals surface area contributed by atoms with Crippen molar-refractivity contribution in [3.05, 3.63) is 89.2 Å². The van der Waals surface area contributed by atoms with E-state index in [2.05, 4.69) is 26.9 Å². The third-order valence-corrected chi connectivity index (χ3v) is 5.83. The Hall–Kier alpha value is -2.93. The molecule has 1 unspecified atom stereocenters. The van der Waals surface area contributed by atoms with Crippen LogP contribution in [-0.4, -0.2) is 53.4 Å². The molecule has 1 aliphatic heterocycles. The average Bonchev–Trinajstić information content (AvgIpc) is 2.84. The number of methoxy groups -OCH3 is 1. The van der Waals surface area contributed by atoms with Crippen molar-refractivity contribution in [2.75, 3.05) is 38.2 Å². The fraction of sp³-hybridized carbons (Fsp3) is 0.320. The molecule has 1 aliphatic rings. The second kappa shape index (κ2) is 9.92. The normalized spacial score (nSPS) is 15.6. The summed E-state index contributed by atoms with van der Waals surface area (Å²) in [6.45, 7) is 4.43. The fourth-order valence-corrected chi connectivity index (χ4v) is 4.16. The van der Waals surface area contributed by atoms with Crippen molar-refractivity contribution in [2.24, 2.45) is 0 Å². The van der Waals surface area contributed by atoms with Gasteiger partial charge in [0.2, 0.25) is 0 Å². The number of aliphatic hydroxyl groups excluding tert-OH is 2. The van der Waals surface area contributed by atoms with E-state index in [1.54, 1.807) is 13.3 Å². The smallest absolute Gasteiger partial charge is 0.124 e. The van der Waals surface area contributed by atoms with Gasteiger partial charge in [-0.3, -0.25) is 9.88 Å². The van der Waals surface area contributed by atoms with E-state index >= 15 is 0 Å². The highest BCUT2D eigenvalue weighted by Crippen LogP contribution is 2.30. The average molecular weight is 420 g/mol. The number of para-hydroxylation sites is 1. The number of aliphatic hydroxyl groups is 2. The van der Waals surface area contributed by atoms with Crippen LogP contribution in [0, 0.1) is 0 Å². The minimum absolute atomic E-state index is 0.0276. The molecule has 1 saturated heterocycles. The molecule has 31 heavy (non-hydrogen) atoms. The second-order valence-electron chi connectivity index (χ2n) is 7.78. The Labute approximate surface area is 183 Å². The van der Waals surface area contributed by atoms with Crippen molar-refractivity contribution in [2.45, 2.75) is 19.3 Å². The summed E-state index contributed by atoms with van der Waals surface area (Å²) >= 11 is 0. The lowest BCUT2D eigenvalue weighted by Crippen LogP contribution is -2.46. The van der Waals surface area contributed by atoms with Crippen molar-refractivity contribution < 1.29 is 14.9 Å². The minimum atomic E-state index is -0.744. The molecule has 2 heterocycles. The zero-order valence-electron chi connectivity index (χ0n) is 17.8. The molecule has 0 amide bonds. The van der Waals surface area contributed by atoms with Crippen LogP contribution < -0.4 is 9.64 Å². The number of hydrogen-bond donors (Lipinski definition) is 2. The Bertz CT molecular complexity index is 988. The first-order chi connectivity index (χ1) is 15.2. The third kappa shape index (κ3) is 4.88. The van der Waals surface area contributed by atoms with E-state index in [4.69, 9.17) is 4.74 Å². The zero-order chi connectivity index (χ0) is 21.6. The molecular formula is C25H29N3O3. The molecule has 1 fully saturated rings. The minimum Gasteiger partial charge on any atom is -0.496 e. The molecule has 4 rings (SSSR count). The standard InChI is InChI=1S/C25H29N3O3/c1-31-24-10-9-19(16-20(24)18-29)17-27-12-14-28(15-13-27)23-8-3-2-6-21(23)25(30)22-7-4-5-11-26-22/h2-11,16,25,29-30H,12-15,17-18H2,1H3. The quantitative estimate of drug-likeness (QED) is 0.614. The first-order valence-electron chi connectivity index (χ1n) is 10.6. The van der Waals surface area contributed by atoms with Gasteiger partial charge in [0.15, 0.2) is 0 Å². The van der Waals surface area contributed by atoms with Crippen LogP contribution in [-0.2, 0) is 13.2 Å². The van der Waals surface area contributed by atoms with E-state index < -0.39 is 6.10 Å². The Morgan fingerprint density at radius 2 is 1.77 bits per heavy atom. The Morgan fingerprint density at radius 3 is 2.48 bits per heavy atom. The summed E-state index contributed by atoms with van der Waals surface area (Å²) in [6, 6.07) is 19.6. The molecule has 1 atom stereocenters. The molecule has 2 aromatic carbocycles. The predicted molar refractivity (Wildman–Crippen MR) is 121 cm³/mol. The van der Waals surface area contributed by atoms with E-state index in [1.165, 1.54) is 5.56 Å². The van der Waals surface area contributed by atoms with Crippen LogP contribution >= 0.6 is 0 Å². The van der Waals surface area contributed by atoms with Crippen molar-refractivity contribution in [1.82, 2.24) is 9.88 Å². The van der Waals surface area contributed by atoms with Crippen LogP contribution in [0.3, 0.4) is 0 Å². The molecule has 1 aromatic heterocycles. The second-order valence-corrected chi connectivity index (χ2v) is 7.78. The van der Waals surface area contributed by atoms with Gasteiger partial charge >= 0.3 is 0 Å². The molecule has 3 aromatic rings. The topological polar surface area (TPSA) is 69.1 Å². The number of benzene rings is 2. The lowest BCUT2D eigenvalue weighted by molar-refractivity contribution is 0.214. The summed E-state index contributed by atoms with van der Waals surface area (Å²) in [5.74, 6) is 0.721. The highest BCUT2D eigenvalue weighted by molar-refractivity contribution is 5.56. The summed E-state index contributed by atoms with van der Waals surface area (Å²) in [5.41, 5.74) is 4.60. The zero-order valence-corrected chi connectivity index (χ0v) is 17.8. The Kier molecular flexibility index (Phi) is 6.82. The van der Waals surface area contributed by atoms with Gasteiger partial charge in [0.1, 0.15) is 11.9 Å². The maximum atomic E-state index is 10.9. The number of piperazine rings is 1. The summed E-state index contributed by atoms with van der Waals surface area (Å²) in [4.78, 5) is 9.08. The highest BCUT2D eigenvalue weighted by Gasteiger charge is 2.23. The maximum Gasteiger partial charge on any atom is 0.124 e. The SMILES string of the molecule is COc1ccc(CN2CCN(c3ccccc3C(O)c3ccccn3)CC2)cc1CO. The molecule has 6 nitrogen and oxygen atoms in total. The lowest BCUT2D eigenvalue weighted by atomic mass is 10.0. The van der Waals surface area contributed by atoms with Crippen molar-refractivity contribution in [1.29, 1.82) is 0 Å². The van der Waals surface area contributed by atoms with Gasteiger partial charge in [-0.25, -0.2) is 0 Å². The molecule has 0 saturated carbocycles. The number of hydrogen-bond acceptors (Lipinski definition) is 6. The summed E-state index contributed by atoms with van der Waals surface area (Å²) in [5, 5.41) is 20.5. The van der Waals surface area contributed by atoms with Crippen molar-refractivity contribution >= 4 is 5.69 Å². The van der Waals surface area contributed by atoms with Crippen LogP contribution in [0.4, 0.5) is 5.69 Å². The van der Waals surface area contributed by atoms with Gasteiger partial charge in [-0.15, -0.1) is 0 Å². The van der Waals surface area contributed by atoms with Crippen LogP contribution in [0.15, 0.2) is 66.9 Å².